The van der Waals surface area contributed by atoms with E-state index in [0.717, 1.165) is 48.3 Å². The van der Waals surface area contributed by atoms with Crippen LogP contribution in [0.2, 0.25) is 5.02 Å². The lowest BCUT2D eigenvalue weighted by atomic mass is 10.1. The molecule has 0 radical (unpaired) electrons. The van der Waals surface area contributed by atoms with Crippen LogP contribution < -0.4 is 0 Å². The summed E-state index contributed by atoms with van der Waals surface area (Å²) in [7, 11) is 0. The molecular formula is C21H21ClN2O3. The number of morpholine rings is 1. The largest absolute Gasteiger partial charge is 0.460 e. The summed E-state index contributed by atoms with van der Waals surface area (Å²) in [6.45, 7) is 4.28. The number of esters is 1. The third-order valence-electron chi connectivity index (χ3n) is 4.78. The number of rotatable bonds is 5. The predicted octanol–water partition coefficient (Wildman–Crippen LogP) is 3.98. The average molecular weight is 385 g/mol. The van der Waals surface area contributed by atoms with Gasteiger partial charge in [0.1, 0.15) is 12.3 Å². The van der Waals surface area contributed by atoms with Crippen LogP contribution in [0.25, 0.3) is 22.0 Å². The number of aromatic amines is 1. The molecule has 0 aliphatic carbocycles. The number of benzene rings is 2. The molecule has 140 valence electrons. The van der Waals surface area contributed by atoms with Crippen molar-refractivity contribution < 1.29 is 14.3 Å². The number of ether oxygens (including phenoxy) is 2. The molecule has 1 aliphatic rings. The van der Waals surface area contributed by atoms with Gasteiger partial charge in [-0.05, 0) is 17.7 Å². The highest BCUT2D eigenvalue weighted by molar-refractivity contribution is 6.31. The molecule has 27 heavy (non-hydrogen) atoms. The van der Waals surface area contributed by atoms with Crippen LogP contribution in [0.15, 0.2) is 48.5 Å². The van der Waals surface area contributed by atoms with Crippen LogP contribution in [0.4, 0.5) is 0 Å². The van der Waals surface area contributed by atoms with Crippen LogP contribution in [0.1, 0.15) is 10.5 Å². The Bertz CT molecular complexity index is 933. The first-order valence-corrected chi connectivity index (χ1v) is 9.44. The Hall–Kier alpha value is -2.34. The zero-order chi connectivity index (χ0) is 18.6. The van der Waals surface area contributed by atoms with Gasteiger partial charge in [0.2, 0.25) is 0 Å². The standard InChI is InChI=1S/C21H21ClN2O3/c22-16-6-7-17-18(14-16)19(15-4-2-1-3-5-15)23-20(17)21(25)27-13-10-24-8-11-26-12-9-24/h1-7,14,23H,8-13H2. The fourth-order valence-corrected chi connectivity index (χ4v) is 3.53. The normalized spacial score (nSPS) is 15.1. The van der Waals surface area contributed by atoms with Crippen molar-refractivity contribution in [1.29, 1.82) is 0 Å². The van der Waals surface area contributed by atoms with Crippen LogP contribution in [0.3, 0.4) is 0 Å². The lowest BCUT2D eigenvalue weighted by Gasteiger charge is -2.26. The molecule has 6 heteroatoms. The number of nitrogens with one attached hydrogen (secondary N) is 1. The molecule has 0 atom stereocenters. The van der Waals surface area contributed by atoms with E-state index in [4.69, 9.17) is 21.1 Å². The minimum Gasteiger partial charge on any atom is -0.460 e. The second kappa shape index (κ2) is 8.13. The van der Waals surface area contributed by atoms with E-state index in [1.165, 1.54) is 0 Å². The van der Waals surface area contributed by atoms with Gasteiger partial charge in [-0.25, -0.2) is 4.79 Å². The first-order valence-electron chi connectivity index (χ1n) is 9.06. The molecule has 3 aromatic rings. The molecule has 5 nitrogen and oxygen atoms in total. The lowest BCUT2D eigenvalue weighted by molar-refractivity contribution is 0.0194. The SMILES string of the molecule is O=C(OCCN1CCOCC1)c1[nH]c(-c2ccccc2)c2cc(Cl)ccc12. The fourth-order valence-electron chi connectivity index (χ4n) is 3.36. The Labute approximate surface area is 162 Å². The zero-order valence-electron chi connectivity index (χ0n) is 14.9. The third kappa shape index (κ3) is 4.00. The van der Waals surface area contributed by atoms with Gasteiger partial charge in [0.15, 0.2) is 0 Å². The molecule has 1 aliphatic heterocycles. The summed E-state index contributed by atoms with van der Waals surface area (Å²) in [5, 5.41) is 2.36. The van der Waals surface area contributed by atoms with Gasteiger partial charge in [0, 0.05) is 35.4 Å². The Balaban J connectivity index is 1.56. The number of aromatic nitrogens is 1. The molecule has 0 bridgehead atoms. The maximum absolute atomic E-state index is 12.7. The molecule has 0 amide bonds. The molecule has 2 heterocycles. The average Bonchev–Trinajstić information content (AvgIpc) is 3.08. The number of halogens is 1. The van der Waals surface area contributed by atoms with Crippen LogP contribution in [0.5, 0.6) is 0 Å². The first-order chi connectivity index (χ1) is 13.2. The maximum atomic E-state index is 12.7. The number of H-pyrrole nitrogens is 1. The highest BCUT2D eigenvalue weighted by Crippen LogP contribution is 2.33. The second-order valence-electron chi connectivity index (χ2n) is 6.52. The maximum Gasteiger partial charge on any atom is 0.355 e. The summed E-state index contributed by atoms with van der Waals surface area (Å²) < 4.78 is 10.9. The number of hydrogen-bond acceptors (Lipinski definition) is 4. The van der Waals surface area contributed by atoms with Crippen molar-refractivity contribution in [3.8, 4) is 11.3 Å². The van der Waals surface area contributed by atoms with Crippen molar-refractivity contribution in [3.63, 3.8) is 0 Å². The summed E-state index contributed by atoms with van der Waals surface area (Å²) in [6, 6.07) is 15.4. The molecule has 0 unspecified atom stereocenters. The monoisotopic (exact) mass is 384 g/mol. The summed E-state index contributed by atoms with van der Waals surface area (Å²) in [4.78, 5) is 18.2. The molecule has 0 spiro atoms. The summed E-state index contributed by atoms with van der Waals surface area (Å²) in [5.41, 5.74) is 2.33. The van der Waals surface area contributed by atoms with Gasteiger partial charge in [-0.2, -0.15) is 0 Å². The van der Waals surface area contributed by atoms with Crippen molar-refractivity contribution in [2.24, 2.45) is 0 Å². The Kier molecular flexibility index (Phi) is 5.43. The van der Waals surface area contributed by atoms with E-state index in [2.05, 4.69) is 9.88 Å². The zero-order valence-corrected chi connectivity index (χ0v) is 15.7. The highest BCUT2D eigenvalue weighted by atomic mass is 35.5. The van der Waals surface area contributed by atoms with Crippen LogP contribution >= 0.6 is 11.6 Å². The fraction of sp³-hybridized carbons (Fsp3) is 0.286. The second-order valence-corrected chi connectivity index (χ2v) is 6.96. The van der Waals surface area contributed by atoms with E-state index < -0.39 is 0 Å². The molecule has 4 rings (SSSR count). The molecule has 2 aromatic carbocycles. The molecule has 1 fully saturated rings. The lowest BCUT2D eigenvalue weighted by Crippen LogP contribution is -2.38. The number of fused-ring (bicyclic) bond motifs is 1. The van der Waals surface area contributed by atoms with Gasteiger partial charge < -0.3 is 14.5 Å². The van der Waals surface area contributed by atoms with Gasteiger partial charge >= 0.3 is 5.97 Å². The van der Waals surface area contributed by atoms with Crippen LogP contribution in [-0.2, 0) is 9.47 Å². The van der Waals surface area contributed by atoms with E-state index in [-0.39, 0.29) is 5.97 Å². The van der Waals surface area contributed by atoms with E-state index in [9.17, 15) is 4.79 Å². The van der Waals surface area contributed by atoms with Gasteiger partial charge in [-0.1, -0.05) is 48.0 Å². The first kappa shape index (κ1) is 18.0. The van der Waals surface area contributed by atoms with Crippen LogP contribution in [0, 0.1) is 0 Å². The van der Waals surface area contributed by atoms with E-state index >= 15 is 0 Å². The van der Waals surface area contributed by atoms with Crippen LogP contribution in [-0.4, -0.2) is 55.3 Å². The van der Waals surface area contributed by atoms with Gasteiger partial charge in [-0.15, -0.1) is 0 Å². The van der Waals surface area contributed by atoms with Crippen molar-refractivity contribution in [3.05, 3.63) is 59.2 Å². The Morgan fingerprint density at radius 3 is 2.67 bits per heavy atom. The van der Waals surface area contributed by atoms with Gasteiger partial charge in [0.05, 0.1) is 18.9 Å². The molecular weight excluding hydrogens is 364 g/mol. The molecule has 1 saturated heterocycles. The minimum absolute atomic E-state index is 0.349. The summed E-state index contributed by atoms with van der Waals surface area (Å²) in [5.74, 6) is -0.349. The molecule has 1 N–H and O–H groups in total. The summed E-state index contributed by atoms with van der Waals surface area (Å²) >= 11 is 6.19. The van der Waals surface area contributed by atoms with Crippen molar-refractivity contribution in [2.75, 3.05) is 39.5 Å². The summed E-state index contributed by atoms with van der Waals surface area (Å²) in [6.07, 6.45) is 0. The number of nitrogens with zero attached hydrogens (tertiary/aromatic N) is 1. The Morgan fingerprint density at radius 1 is 1.11 bits per heavy atom. The van der Waals surface area contributed by atoms with Gasteiger partial charge in [0.25, 0.3) is 0 Å². The van der Waals surface area contributed by atoms with Crippen molar-refractivity contribution in [2.45, 2.75) is 0 Å². The predicted molar refractivity (Wildman–Crippen MR) is 106 cm³/mol. The van der Waals surface area contributed by atoms with Gasteiger partial charge in [-0.3, -0.25) is 4.90 Å². The van der Waals surface area contributed by atoms with E-state index in [0.29, 0.717) is 23.9 Å². The molecule has 1 aromatic heterocycles. The molecule has 0 saturated carbocycles. The highest BCUT2D eigenvalue weighted by Gasteiger charge is 2.19. The van der Waals surface area contributed by atoms with E-state index in [1.807, 2.05) is 42.5 Å². The van der Waals surface area contributed by atoms with Crippen molar-refractivity contribution >= 4 is 28.3 Å². The number of carbonyl (C=O) groups excluding carboxylic acids is 1. The number of carbonyl (C=O) groups is 1. The number of hydrogen-bond donors (Lipinski definition) is 1. The topological polar surface area (TPSA) is 54.6 Å². The van der Waals surface area contributed by atoms with Crippen molar-refractivity contribution in [1.82, 2.24) is 9.88 Å². The van der Waals surface area contributed by atoms with E-state index in [1.54, 1.807) is 6.07 Å². The third-order valence-corrected chi connectivity index (χ3v) is 5.02. The minimum atomic E-state index is -0.349. The quantitative estimate of drug-likeness (QED) is 0.676. The smallest absolute Gasteiger partial charge is 0.355 e. The Morgan fingerprint density at radius 2 is 1.89 bits per heavy atom.